The molecule has 0 saturated carbocycles. The standard InChI is InChI=1S/C14H27NO2/c1-6-14(7-2)12-10(16-9-17-12)8-11(15-14)13(3,4)5/h10-12,15H,6-9H2,1-5H3. The Morgan fingerprint density at radius 3 is 2.35 bits per heavy atom. The Kier molecular flexibility index (Phi) is 3.54. The second kappa shape index (κ2) is 4.52. The lowest BCUT2D eigenvalue weighted by Gasteiger charge is -2.50. The maximum absolute atomic E-state index is 5.83. The van der Waals surface area contributed by atoms with Crippen molar-refractivity contribution in [2.24, 2.45) is 5.41 Å². The van der Waals surface area contributed by atoms with Crippen molar-refractivity contribution in [1.29, 1.82) is 0 Å². The van der Waals surface area contributed by atoms with E-state index in [0.717, 1.165) is 19.3 Å². The first-order valence-electron chi connectivity index (χ1n) is 6.94. The number of hydrogen-bond acceptors (Lipinski definition) is 3. The average molecular weight is 241 g/mol. The van der Waals surface area contributed by atoms with Crippen LogP contribution in [0.25, 0.3) is 0 Å². The fraction of sp³-hybridized carbons (Fsp3) is 1.00. The van der Waals surface area contributed by atoms with Crippen molar-refractivity contribution in [2.75, 3.05) is 6.79 Å². The minimum atomic E-state index is 0.0946. The normalized spacial score (nSPS) is 36.9. The zero-order chi connectivity index (χ0) is 12.7. The molecule has 3 atom stereocenters. The third kappa shape index (κ3) is 2.25. The molecule has 2 fully saturated rings. The molecule has 0 amide bonds. The van der Waals surface area contributed by atoms with Gasteiger partial charge in [0.05, 0.1) is 6.10 Å². The predicted octanol–water partition coefficient (Wildman–Crippen LogP) is 2.69. The van der Waals surface area contributed by atoms with E-state index in [4.69, 9.17) is 9.47 Å². The Morgan fingerprint density at radius 2 is 1.82 bits per heavy atom. The second-order valence-electron chi connectivity index (χ2n) is 6.57. The van der Waals surface area contributed by atoms with Gasteiger partial charge in [-0.1, -0.05) is 34.6 Å². The lowest BCUT2D eigenvalue weighted by atomic mass is 9.72. The molecule has 1 N–H and O–H groups in total. The predicted molar refractivity (Wildman–Crippen MR) is 68.9 cm³/mol. The van der Waals surface area contributed by atoms with Gasteiger partial charge in [-0.15, -0.1) is 0 Å². The van der Waals surface area contributed by atoms with Gasteiger partial charge in [0, 0.05) is 11.6 Å². The van der Waals surface area contributed by atoms with Crippen LogP contribution in [0.3, 0.4) is 0 Å². The summed E-state index contributed by atoms with van der Waals surface area (Å²) in [6.07, 6.45) is 3.77. The van der Waals surface area contributed by atoms with Crippen molar-refractivity contribution in [1.82, 2.24) is 5.32 Å². The summed E-state index contributed by atoms with van der Waals surface area (Å²) in [7, 11) is 0. The summed E-state index contributed by atoms with van der Waals surface area (Å²) in [5.74, 6) is 0. The highest BCUT2D eigenvalue weighted by Crippen LogP contribution is 2.40. The minimum absolute atomic E-state index is 0.0946. The molecule has 0 radical (unpaired) electrons. The van der Waals surface area contributed by atoms with Gasteiger partial charge in [-0.3, -0.25) is 0 Å². The summed E-state index contributed by atoms with van der Waals surface area (Å²) in [5.41, 5.74) is 0.365. The van der Waals surface area contributed by atoms with Gasteiger partial charge in [0.2, 0.25) is 0 Å². The van der Waals surface area contributed by atoms with Crippen LogP contribution in [-0.4, -0.2) is 30.6 Å². The van der Waals surface area contributed by atoms with Crippen LogP contribution in [0.2, 0.25) is 0 Å². The number of hydrogen-bond donors (Lipinski definition) is 1. The molecule has 17 heavy (non-hydrogen) atoms. The minimum Gasteiger partial charge on any atom is -0.349 e. The van der Waals surface area contributed by atoms with E-state index in [0.29, 0.717) is 12.8 Å². The summed E-state index contributed by atoms with van der Waals surface area (Å²) < 4.78 is 11.6. The largest absolute Gasteiger partial charge is 0.349 e. The topological polar surface area (TPSA) is 30.5 Å². The molecule has 3 heteroatoms. The molecule has 0 spiro atoms. The lowest BCUT2D eigenvalue weighted by Crippen LogP contribution is -2.67. The Balaban J connectivity index is 2.24. The van der Waals surface area contributed by atoms with Gasteiger partial charge in [0.25, 0.3) is 0 Å². The SMILES string of the molecule is CCC1(CC)NC(C(C)(C)C)CC2OCOC21. The molecule has 2 saturated heterocycles. The van der Waals surface area contributed by atoms with E-state index in [1.165, 1.54) is 0 Å². The summed E-state index contributed by atoms with van der Waals surface area (Å²) in [5, 5.41) is 3.87. The molecule has 2 aliphatic rings. The highest BCUT2D eigenvalue weighted by atomic mass is 16.7. The maximum atomic E-state index is 5.83. The van der Waals surface area contributed by atoms with Gasteiger partial charge in [-0.05, 0) is 24.7 Å². The molecule has 3 nitrogen and oxygen atoms in total. The fourth-order valence-corrected chi connectivity index (χ4v) is 3.25. The first-order chi connectivity index (χ1) is 7.93. The third-order valence-corrected chi connectivity index (χ3v) is 4.65. The van der Waals surface area contributed by atoms with Gasteiger partial charge >= 0.3 is 0 Å². The monoisotopic (exact) mass is 241 g/mol. The number of rotatable bonds is 2. The van der Waals surface area contributed by atoms with Gasteiger partial charge in [0.15, 0.2) is 0 Å². The number of fused-ring (bicyclic) bond motifs is 1. The molecular weight excluding hydrogens is 214 g/mol. The Bertz CT molecular complexity index is 268. The van der Waals surface area contributed by atoms with Crippen molar-refractivity contribution in [3.63, 3.8) is 0 Å². The van der Waals surface area contributed by atoms with Crippen LogP contribution >= 0.6 is 0 Å². The van der Waals surface area contributed by atoms with E-state index in [1.54, 1.807) is 0 Å². The van der Waals surface area contributed by atoms with E-state index in [9.17, 15) is 0 Å². The van der Waals surface area contributed by atoms with E-state index in [2.05, 4.69) is 39.9 Å². The van der Waals surface area contributed by atoms with Gasteiger partial charge < -0.3 is 14.8 Å². The molecule has 0 aromatic carbocycles. The Morgan fingerprint density at radius 1 is 1.18 bits per heavy atom. The molecule has 0 bridgehead atoms. The van der Waals surface area contributed by atoms with E-state index < -0.39 is 0 Å². The van der Waals surface area contributed by atoms with Gasteiger partial charge in [-0.2, -0.15) is 0 Å². The van der Waals surface area contributed by atoms with Crippen molar-refractivity contribution in [3.8, 4) is 0 Å². The maximum Gasteiger partial charge on any atom is 0.147 e. The van der Waals surface area contributed by atoms with Gasteiger partial charge in [-0.25, -0.2) is 0 Å². The zero-order valence-electron chi connectivity index (χ0n) is 11.9. The molecule has 3 unspecified atom stereocenters. The molecular formula is C14H27NO2. The molecule has 0 aromatic rings. The summed E-state index contributed by atoms with van der Waals surface area (Å²) in [4.78, 5) is 0. The van der Waals surface area contributed by atoms with Crippen molar-refractivity contribution >= 4 is 0 Å². The van der Waals surface area contributed by atoms with Crippen LogP contribution in [0, 0.1) is 5.41 Å². The van der Waals surface area contributed by atoms with E-state index >= 15 is 0 Å². The smallest absolute Gasteiger partial charge is 0.147 e. The van der Waals surface area contributed by atoms with Crippen molar-refractivity contribution in [2.45, 2.75) is 77.7 Å². The van der Waals surface area contributed by atoms with Gasteiger partial charge in [0.1, 0.15) is 12.9 Å². The summed E-state index contributed by atoms with van der Waals surface area (Å²) in [6.45, 7) is 11.9. The van der Waals surface area contributed by atoms with Crippen molar-refractivity contribution in [3.05, 3.63) is 0 Å². The number of nitrogens with one attached hydrogen (secondary N) is 1. The summed E-state index contributed by atoms with van der Waals surface area (Å²) in [6, 6.07) is 0.505. The average Bonchev–Trinajstić information content (AvgIpc) is 2.74. The quantitative estimate of drug-likeness (QED) is 0.806. The van der Waals surface area contributed by atoms with E-state index in [1.807, 2.05) is 0 Å². The zero-order valence-corrected chi connectivity index (χ0v) is 11.9. The molecule has 2 rings (SSSR count). The van der Waals surface area contributed by atoms with Crippen LogP contribution in [-0.2, 0) is 9.47 Å². The Hall–Kier alpha value is -0.120. The highest BCUT2D eigenvalue weighted by molar-refractivity contribution is 5.07. The molecule has 0 aromatic heterocycles. The van der Waals surface area contributed by atoms with Crippen LogP contribution < -0.4 is 5.32 Å². The molecule has 2 aliphatic heterocycles. The lowest BCUT2D eigenvalue weighted by molar-refractivity contribution is -0.0280. The van der Waals surface area contributed by atoms with Crippen LogP contribution in [0.4, 0.5) is 0 Å². The highest BCUT2D eigenvalue weighted by Gasteiger charge is 2.52. The van der Waals surface area contributed by atoms with Crippen molar-refractivity contribution < 1.29 is 9.47 Å². The second-order valence-corrected chi connectivity index (χ2v) is 6.57. The first-order valence-corrected chi connectivity index (χ1v) is 6.94. The summed E-state index contributed by atoms with van der Waals surface area (Å²) >= 11 is 0. The van der Waals surface area contributed by atoms with Crippen LogP contribution in [0.1, 0.15) is 53.9 Å². The van der Waals surface area contributed by atoms with E-state index in [-0.39, 0.29) is 23.2 Å². The van der Waals surface area contributed by atoms with Crippen LogP contribution in [0.15, 0.2) is 0 Å². The number of ether oxygens (including phenoxy) is 2. The fourth-order valence-electron chi connectivity index (χ4n) is 3.25. The first kappa shape index (κ1) is 13.3. The number of piperidine rings is 1. The molecule has 100 valence electrons. The third-order valence-electron chi connectivity index (χ3n) is 4.65. The molecule has 0 aliphatic carbocycles. The Labute approximate surface area is 105 Å². The van der Waals surface area contributed by atoms with Crippen LogP contribution in [0.5, 0.6) is 0 Å². The molecule has 2 heterocycles.